The number of halogens is 5. The van der Waals surface area contributed by atoms with Crippen LogP contribution in [0.5, 0.6) is 11.5 Å². The van der Waals surface area contributed by atoms with Crippen molar-refractivity contribution >= 4 is 40.8 Å². The van der Waals surface area contributed by atoms with Gasteiger partial charge in [-0.05, 0) is 49.7 Å². The Hall–Kier alpha value is -3.87. The van der Waals surface area contributed by atoms with Crippen molar-refractivity contribution in [2.24, 2.45) is 5.41 Å². The molecule has 1 aliphatic heterocycles. The van der Waals surface area contributed by atoms with Crippen molar-refractivity contribution in [2.45, 2.75) is 26.6 Å². The standard InChI is InChI=1S/C14H7ClF3NO5.C12H14ClNO2/c15-10-5-7(14(16,17)18)1-4-12(10)24-8-2-3-11(19(22)23)9(6-8)13(20)21;1-12(2)8-16-14(11(12)15)7-9-5-3-4-6-10(9)13/h1-6H,(H,20,21);3-6H,7-8H2,1-2H3. The van der Waals surface area contributed by atoms with Gasteiger partial charge in [0.25, 0.3) is 11.6 Å². The number of aromatic carboxylic acids is 1. The predicted octanol–water partition coefficient (Wildman–Crippen LogP) is 7.40. The highest BCUT2D eigenvalue weighted by Crippen LogP contribution is 2.37. The van der Waals surface area contributed by atoms with Crippen LogP contribution in [0.4, 0.5) is 18.9 Å². The van der Waals surface area contributed by atoms with Crippen molar-refractivity contribution in [3.05, 3.63) is 97.5 Å². The molecule has 0 unspecified atom stereocenters. The molecular formula is C26H21Cl2F3N2O7. The first-order chi connectivity index (χ1) is 18.6. The number of amides is 1. The van der Waals surface area contributed by atoms with Crippen LogP contribution >= 0.6 is 23.2 Å². The number of nitrogens with zero attached hydrogens (tertiary/aromatic N) is 2. The average Bonchev–Trinajstić information content (AvgIpc) is 3.13. The van der Waals surface area contributed by atoms with E-state index in [1.54, 1.807) is 0 Å². The summed E-state index contributed by atoms with van der Waals surface area (Å²) in [6.07, 6.45) is -4.58. The van der Waals surface area contributed by atoms with Crippen LogP contribution in [0.15, 0.2) is 60.7 Å². The molecule has 14 heteroatoms. The Kier molecular flexibility index (Phi) is 9.28. The molecular weight excluding hydrogens is 580 g/mol. The van der Waals surface area contributed by atoms with E-state index < -0.39 is 39.3 Å². The number of alkyl halides is 3. The summed E-state index contributed by atoms with van der Waals surface area (Å²) in [7, 11) is 0. The summed E-state index contributed by atoms with van der Waals surface area (Å²) in [5.74, 6) is -1.83. The van der Waals surface area contributed by atoms with Gasteiger partial charge in [-0.2, -0.15) is 13.2 Å². The minimum atomic E-state index is -4.58. The van der Waals surface area contributed by atoms with Crippen LogP contribution in [0.1, 0.15) is 35.3 Å². The van der Waals surface area contributed by atoms with Gasteiger partial charge in [-0.3, -0.25) is 19.7 Å². The number of nitro groups is 1. The number of hydrogen-bond donors (Lipinski definition) is 1. The topological polar surface area (TPSA) is 119 Å². The van der Waals surface area contributed by atoms with Crippen molar-refractivity contribution in [3.8, 4) is 11.5 Å². The molecule has 40 heavy (non-hydrogen) atoms. The van der Waals surface area contributed by atoms with E-state index in [9.17, 15) is 32.9 Å². The third kappa shape index (κ3) is 7.40. The molecule has 1 amide bonds. The summed E-state index contributed by atoms with van der Waals surface area (Å²) in [6, 6.07) is 12.7. The van der Waals surface area contributed by atoms with Crippen molar-refractivity contribution in [1.82, 2.24) is 5.06 Å². The largest absolute Gasteiger partial charge is 0.477 e. The van der Waals surface area contributed by atoms with Gasteiger partial charge in [0.05, 0.1) is 34.1 Å². The molecule has 0 saturated carbocycles. The number of rotatable bonds is 6. The molecule has 3 aromatic rings. The molecule has 1 aliphatic rings. The number of carbonyl (C=O) groups is 2. The highest BCUT2D eigenvalue weighted by Gasteiger charge is 2.40. The average molecular weight is 601 g/mol. The van der Waals surface area contributed by atoms with Crippen LogP contribution in [-0.2, 0) is 22.4 Å². The van der Waals surface area contributed by atoms with Gasteiger partial charge in [0.1, 0.15) is 17.1 Å². The number of carbonyl (C=O) groups excluding carboxylic acids is 1. The first-order valence-corrected chi connectivity index (χ1v) is 12.1. The van der Waals surface area contributed by atoms with Crippen LogP contribution in [0.3, 0.4) is 0 Å². The van der Waals surface area contributed by atoms with Crippen molar-refractivity contribution < 1.29 is 42.4 Å². The van der Waals surface area contributed by atoms with E-state index >= 15 is 0 Å². The smallest absolute Gasteiger partial charge is 0.416 e. The second kappa shape index (κ2) is 12.1. The van der Waals surface area contributed by atoms with E-state index in [4.69, 9.17) is 37.9 Å². The molecule has 1 heterocycles. The lowest BCUT2D eigenvalue weighted by Crippen LogP contribution is -2.30. The molecule has 1 saturated heterocycles. The van der Waals surface area contributed by atoms with Crippen LogP contribution < -0.4 is 4.74 Å². The zero-order valence-electron chi connectivity index (χ0n) is 20.9. The quantitative estimate of drug-likeness (QED) is 0.231. The summed E-state index contributed by atoms with van der Waals surface area (Å²) in [5.41, 5.74) is -1.78. The van der Waals surface area contributed by atoms with E-state index in [1.165, 1.54) is 5.06 Å². The first-order valence-electron chi connectivity index (χ1n) is 11.3. The predicted molar refractivity (Wildman–Crippen MR) is 138 cm³/mol. The van der Waals surface area contributed by atoms with Crippen LogP contribution in [0.25, 0.3) is 0 Å². The van der Waals surface area contributed by atoms with Gasteiger partial charge in [-0.25, -0.2) is 9.86 Å². The zero-order chi connectivity index (χ0) is 29.8. The van der Waals surface area contributed by atoms with Gasteiger partial charge in [-0.15, -0.1) is 0 Å². The summed E-state index contributed by atoms with van der Waals surface area (Å²) in [6.45, 7) is 4.59. The van der Waals surface area contributed by atoms with Gasteiger partial charge >= 0.3 is 12.1 Å². The second-order valence-electron chi connectivity index (χ2n) is 9.08. The Morgan fingerprint density at radius 3 is 2.33 bits per heavy atom. The molecule has 1 fully saturated rings. The molecule has 0 radical (unpaired) electrons. The lowest BCUT2D eigenvalue weighted by Gasteiger charge is -2.16. The number of hydrogen-bond acceptors (Lipinski definition) is 6. The maximum absolute atomic E-state index is 12.6. The van der Waals surface area contributed by atoms with Crippen LogP contribution in [0.2, 0.25) is 10.0 Å². The van der Waals surface area contributed by atoms with Gasteiger partial charge in [-0.1, -0.05) is 41.4 Å². The minimum Gasteiger partial charge on any atom is -0.477 e. The van der Waals surface area contributed by atoms with Crippen molar-refractivity contribution in [2.75, 3.05) is 6.61 Å². The SMILES string of the molecule is CC1(C)CON(Cc2ccccc2Cl)C1=O.O=C(O)c1cc(Oc2ccc(C(F)(F)F)cc2Cl)ccc1[N+](=O)[O-]. The number of carboxylic acids is 1. The third-order valence-electron chi connectivity index (χ3n) is 5.54. The molecule has 0 aromatic heterocycles. The molecule has 0 spiro atoms. The highest BCUT2D eigenvalue weighted by atomic mass is 35.5. The molecule has 212 valence electrons. The van der Waals surface area contributed by atoms with Gasteiger partial charge in [0, 0.05) is 17.2 Å². The number of ether oxygens (including phenoxy) is 1. The van der Waals surface area contributed by atoms with E-state index in [0.29, 0.717) is 24.2 Å². The lowest BCUT2D eigenvalue weighted by molar-refractivity contribution is -0.385. The summed E-state index contributed by atoms with van der Waals surface area (Å²) in [4.78, 5) is 38.2. The number of nitro benzene ring substituents is 1. The van der Waals surface area contributed by atoms with Crippen LogP contribution in [0, 0.1) is 15.5 Å². The number of carboxylic acid groups (broad SMARTS) is 1. The molecule has 9 nitrogen and oxygen atoms in total. The Labute approximate surface area is 235 Å². The third-order valence-corrected chi connectivity index (χ3v) is 6.20. The maximum Gasteiger partial charge on any atom is 0.416 e. The first kappa shape index (κ1) is 30.7. The number of hydroxylamine groups is 2. The Balaban J connectivity index is 0.000000238. The van der Waals surface area contributed by atoms with E-state index in [1.807, 2.05) is 38.1 Å². The van der Waals surface area contributed by atoms with Gasteiger partial charge in [0.15, 0.2) is 0 Å². The lowest BCUT2D eigenvalue weighted by atomic mass is 9.95. The normalized spacial score (nSPS) is 14.4. The Morgan fingerprint density at radius 1 is 1.12 bits per heavy atom. The van der Waals surface area contributed by atoms with Crippen molar-refractivity contribution in [1.29, 1.82) is 0 Å². The second-order valence-corrected chi connectivity index (χ2v) is 9.89. The van der Waals surface area contributed by atoms with E-state index in [2.05, 4.69) is 0 Å². The molecule has 0 bridgehead atoms. The monoisotopic (exact) mass is 600 g/mol. The van der Waals surface area contributed by atoms with Crippen LogP contribution in [-0.4, -0.2) is 33.6 Å². The summed E-state index contributed by atoms with van der Waals surface area (Å²) in [5, 5.41) is 21.4. The maximum atomic E-state index is 12.6. The number of benzene rings is 3. The Bertz CT molecular complexity index is 1450. The summed E-state index contributed by atoms with van der Waals surface area (Å²) < 4.78 is 42.9. The summed E-state index contributed by atoms with van der Waals surface area (Å²) >= 11 is 11.7. The molecule has 1 N–H and O–H groups in total. The molecule has 4 rings (SSSR count). The van der Waals surface area contributed by atoms with E-state index in [0.717, 1.165) is 35.9 Å². The Morgan fingerprint density at radius 2 is 1.80 bits per heavy atom. The molecule has 0 atom stereocenters. The highest BCUT2D eigenvalue weighted by molar-refractivity contribution is 6.32. The van der Waals surface area contributed by atoms with Gasteiger partial charge in [0.2, 0.25) is 0 Å². The fourth-order valence-corrected chi connectivity index (χ4v) is 3.81. The molecule has 0 aliphatic carbocycles. The zero-order valence-corrected chi connectivity index (χ0v) is 22.4. The van der Waals surface area contributed by atoms with Crippen molar-refractivity contribution in [3.63, 3.8) is 0 Å². The van der Waals surface area contributed by atoms with E-state index in [-0.39, 0.29) is 22.4 Å². The fourth-order valence-electron chi connectivity index (χ4n) is 3.39. The van der Waals surface area contributed by atoms with Gasteiger partial charge < -0.3 is 9.84 Å². The fraction of sp³-hybridized carbons (Fsp3) is 0.231. The molecule has 3 aromatic carbocycles. The minimum absolute atomic E-state index is 0.00687.